The Morgan fingerprint density at radius 1 is 1.40 bits per heavy atom. The molecule has 1 heterocycles. The van der Waals surface area contributed by atoms with Gasteiger partial charge in [-0.15, -0.1) is 0 Å². The minimum atomic E-state index is -3.75. The van der Waals surface area contributed by atoms with E-state index in [0.29, 0.717) is 12.5 Å². The van der Waals surface area contributed by atoms with E-state index < -0.39 is 8.80 Å². The predicted octanol–water partition coefficient (Wildman–Crippen LogP) is -0.919. The molecular weight excluding hydrogens is 152 g/mol. The lowest BCUT2D eigenvalue weighted by Gasteiger charge is -2.06. The van der Waals surface area contributed by atoms with Crippen LogP contribution in [0.1, 0.15) is 12.8 Å². The number of rotatable bonds is 4. The van der Waals surface area contributed by atoms with Crippen molar-refractivity contribution in [3.8, 4) is 0 Å². The Labute approximate surface area is 60.4 Å². The van der Waals surface area contributed by atoms with Gasteiger partial charge in [-0.2, -0.15) is 0 Å². The molecule has 4 nitrogen and oxygen atoms in total. The summed E-state index contributed by atoms with van der Waals surface area (Å²) in [5, 5.41) is 0. The summed E-state index contributed by atoms with van der Waals surface area (Å²) in [5.74, 6) is 0. The quantitative estimate of drug-likeness (QED) is 0.371. The monoisotopic (exact) mass is 164 g/mol. The van der Waals surface area contributed by atoms with Gasteiger partial charge < -0.3 is 19.1 Å². The second-order valence-corrected chi connectivity index (χ2v) is 4.67. The Morgan fingerprint density at radius 3 is 2.40 bits per heavy atom. The standard InChI is InChI=1S/C5H12O4Si/c6-10(7,8)3-1-2-5-4-9-5/h5-8H,1-4H2. The molecule has 1 rings (SSSR count). The Bertz CT molecular complexity index is 107. The molecule has 0 aliphatic carbocycles. The third-order valence-corrected chi connectivity index (χ3v) is 2.47. The first-order valence-electron chi connectivity index (χ1n) is 3.37. The molecule has 0 spiro atoms. The zero-order valence-corrected chi connectivity index (χ0v) is 6.66. The highest BCUT2D eigenvalue weighted by Gasteiger charge is 2.28. The first-order chi connectivity index (χ1) is 4.58. The van der Waals surface area contributed by atoms with Crippen molar-refractivity contribution in [1.82, 2.24) is 0 Å². The van der Waals surface area contributed by atoms with E-state index in [2.05, 4.69) is 0 Å². The van der Waals surface area contributed by atoms with Crippen LogP contribution in [0.5, 0.6) is 0 Å². The second kappa shape index (κ2) is 2.98. The summed E-state index contributed by atoms with van der Waals surface area (Å²) in [6.45, 7) is 0.789. The van der Waals surface area contributed by atoms with E-state index >= 15 is 0 Å². The van der Waals surface area contributed by atoms with Crippen molar-refractivity contribution in [3.63, 3.8) is 0 Å². The van der Waals surface area contributed by atoms with Gasteiger partial charge in [0.15, 0.2) is 0 Å². The molecular formula is C5H12O4Si. The fourth-order valence-electron chi connectivity index (χ4n) is 0.802. The van der Waals surface area contributed by atoms with Gasteiger partial charge in [-0.3, -0.25) is 0 Å². The zero-order chi connectivity index (χ0) is 7.61. The summed E-state index contributed by atoms with van der Waals surface area (Å²) in [5.41, 5.74) is 0. The van der Waals surface area contributed by atoms with Crippen molar-refractivity contribution in [2.24, 2.45) is 0 Å². The molecule has 10 heavy (non-hydrogen) atoms. The maximum Gasteiger partial charge on any atom is 0.492 e. The van der Waals surface area contributed by atoms with Crippen molar-refractivity contribution in [1.29, 1.82) is 0 Å². The van der Waals surface area contributed by atoms with Crippen LogP contribution in [0.25, 0.3) is 0 Å². The first-order valence-corrected chi connectivity index (χ1v) is 5.41. The Kier molecular flexibility index (Phi) is 2.43. The number of epoxide rings is 1. The van der Waals surface area contributed by atoms with E-state index in [-0.39, 0.29) is 6.04 Å². The van der Waals surface area contributed by atoms with Crippen LogP contribution >= 0.6 is 0 Å². The first kappa shape index (κ1) is 8.16. The summed E-state index contributed by atoms with van der Waals surface area (Å²) in [7, 11) is -3.75. The molecule has 0 bridgehead atoms. The molecule has 0 amide bonds. The van der Waals surface area contributed by atoms with Crippen LogP contribution in [-0.2, 0) is 4.74 Å². The Balaban J connectivity index is 1.93. The van der Waals surface area contributed by atoms with Crippen molar-refractivity contribution in [3.05, 3.63) is 0 Å². The second-order valence-electron chi connectivity index (χ2n) is 2.62. The molecule has 0 saturated carbocycles. The van der Waals surface area contributed by atoms with Gasteiger partial charge in [0.05, 0.1) is 12.7 Å². The zero-order valence-electron chi connectivity index (χ0n) is 5.66. The summed E-state index contributed by atoms with van der Waals surface area (Å²) in [4.78, 5) is 25.7. The molecule has 1 aliphatic rings. The van der Waals surface area contributed by atoms with Crippen LogP contribution in [0.15, 0.2) is 0 Å². The molecule has 0 aromatic heterocycles. The largest absolute Gasteiger partial charge is 0.492 e. The van der Waals surface area contributed by atoms with Gasteiger partial charge in [-0.1, -0.05) is 0 Å². The summed E-state index contributed by atoms with van der Waals surface area (Å²) < 4.78 is 4.89. The number of hydrogen-bond acceptors (Lipinski definition) is 4. The van der Waals surface area contributed by atoms with Gasteiger partial charge >= 0.3 is 8.80 Å². The van der Waals surface area contributed by atoms with E-state index in [1.165, 1.54) is 0 Å². The normalized spacial score (nSPS) is 24.9. The van der Waals surface area contributed by atoms with E-state index in [1.807, 2.05) is 0 Å². The lowest BCUT2D eigenvalue weighted by atomic mass is 10.3. The van der Waals surface area contributed by atoms with Crippen LogP contribution in [0.2, 0.25) is 6.04 Å². The highest BCUT2D eigenvalue weighted by Crippen LogP contribution is 2.17. The topological polar surface area (TPSA) is 73.2 Å². The van der Waals surface area contributed by atoms with Gasteiger partial charge in [-0.25, -0.2) is 0 Å². The summed E-state index contributed by atoms with van der Waals surface area (Å²) in [6, 6.07) is 0.132. The maximum atomic E-state index is 8.56. The minimum absolute atomic E-state index is 0.132. The molecule has 1 saturated heterocycles. The van der Waals surface area contributed by atoms with Crippen molar-refractivity contribution < 1.29 is 19.1 Å². The third kappa shape index (κ3) is 3.97. The Morgan fingerprint density at radius 2 is 2.00 bits per heavy atom. The molecule has 0 aromatic carbocycles. The molecule has 1 fully saturated rings. The van der Waals surface area contributed by atoms with E-state index in [9.17, 15) is 0 Å². The van der Waals surface area contributed by atoms with Gasteiger partial charge in [0.25, 0.3) is 0 Å². The van der Waals surface area contributed by atoms with Crippen molar-refractivity contribution in [2.45, 2.75) is 25.0 Å². The minimum Gasteiger partial charge on any atom is -0.390 e. The van der Waals surface area contributed by atoms with Crippen LogP contribution < -0.4 is 0 Å². The van der Waals surface area contributed by atoms with E-state index in [1.54, 1.807) is 0 Å². The third-order valence-electron chi connectivity index (χ3n) is 1.44. The van der Waals surface area contributed by atoms with Crippen molar-refractivity contribution in [2.75, 3.05) is 6.61 Å². The molecule has 0 aromatic rings. The molecule has 3 N–H and O–H groups in total. The smallest absolute Gasteiger partial charge is 0.390 e. The molecule has 0 radical (unpaired) electrons. The highest BCUT2D eigenvalue weighted by molar-refractivity contribution is 6.56. The van der Waals surface area contributed by atoms with Crippen LogP contribution in [0.4, 0.5) is 0 Å². The molecule has 60 valence electrons. The van der Waals surface area contributed by atoms with Gasteiger partial charge in [0.1, 0.15) is 0 Å². The Hall–Kier alpha value is 0.0569. The van der Waals surface area contributed by atoms with Crippen LogP contribution in [0, 0.1) is 0 Å². The van der Waals surface area contributed by atoms with Crippen LogP contribution in [-0.4, -0.2) is 35.9 Å². The van der Waals surface area contributed by atoms with Crippen molar-refractivity contribution >= 4 is 8.80 Å². The molecule has 1 aliphatic heterocycles. The van der Waals surface area contributed by atoms with E-state index in [4.69, 9.17) is 19.1 Å². The fourth-order valence-corrected chi connectivity index (χ4v) is 1.48. The summed E-state index contributed by atoms with van der Waals surface area (Å²) >= 11 is 0. The average molecular weight is 164 g/mol. The SMILES string of the molecule is O[Si](O)(O)CCCC1CO1. The molecule has 1 atom stereocenters. The predicted molar refractivity (Wildman–Crippen MR) is 36.2 cm³/mol. The average Bonchev–Trinajstić information content (AvgIpc) is 2.45. The lowest BCUT2D eigenvalue weighted by Crippen LogP contribution is -2.34. The van der Waals surface area contributed by atoms with Gasteiger partial charge in [0, 0.05) is 6.04 Å². The number of ether oxygens (including phenoxy) is 1. The maximum absolute atomic E-state index is 8.56. The summed E-state index contributed by atoms with van der Waals surface area (Å²) in [6.07, 6.45) is 1.79. The molecule has 1 unspecified atom stereocenters. The van der Waals surface area contributed by atoms with Gasteiger partial charge in [-0.05, 0) is 12.8 Å². The fraction of sp³-hybridized carbons (Fsp3) is 1.00. The number of hydrogen-bond donors (Lipinski definition) is 3. The molecule has 5 heteroatoms. The van der Waals surface area contributed by atoms with Gasteiger partial charge in [0.2, 0.25) is 0 Å². The van der Waals surface area contributed by atoms with E-state index in [0.717, 1.165) is 13.0 Å². The highest BCUT2D eigenvalue weighted by atomic mass is 28.4. The lowest BCUT2D eigenvalue weighted by molar-refractivity contribution is 0.225. The van der Waals surface area contributed by atoms with Crippen LogP contribution in [0.3, 0.4) is 0 Å².